The third kappa shape index (κ3) is 2.25. The van der Waals surface area contributed by atoms with Crippen molar-refractivity contribution >= 4 is 5.97 Å². The fourth-order valence-electron chi connectivity index (χ4n) is 2.19. The molecule has 0 radical (unpaired) electrons. The summed E-state index contributed by atoms with van der Waals surface area (Å²) in [5.41, 5.74) is 5.62. The first-order chi connectivity index (χ1) is 6.60. The number of nitrogens with two attached hydrogens (primary N) is 1. The number of hydrogen-bond acceptors (Lipinski definition) is 4. The minimum atomic E-state index is -0.158. The van der Waals surface area contributed by atoms with Crippen molar-refractivity contribution in [3.63, 3.8) is 0 Å². The number of nitrogens with zero attached hydrogens (tertiary/aromatic N) is 1. The van der Waals surface area contributed by atoms with Gasteiger partial charge in [-0.2, -0.15) is 0 Å². The van der Waals surface area contributed by atoms with Gasteiger partial charge in [0.1, 0.15) is 6.04 Å². The molecule has 0 aromatic carbocycles. The Labute approximate surface area is 85.4 Å². The second kappa shape index (κ2) is 4.75. The summed E-state index contributed by atoms with van der Waals surface area (Å²) in [5, 5.41) is 0. The minimum absolute atomic E-state index is 0.147. The van der Waals surface area contributed by atoms with Crippen molar-refractivity contribution in [2.45, 2.75) is 32.4 Å². The number of carbonyl (C=O) groups is 1. The average Bonchev–Trinajstić information content (AvgIpc) is 2.57. The molecule has 3 atom stereocenters. The van der Waals surface area contributed by atoms with E-state index in [0.29, 0.717) is 18.5 Å². The van der Waals surface area contributed by atoms with E-state index in [1.165, 1.54) is 7.11 Å². The molecule has 0 aliphatic carbocycles. The molecule has 1 saturated heterocycles. The molecule has 4 heteroatoms. The summed E-state index contributed by atoms with van der Waals surface area (Å²) in [7, 11) is 1.43. The van der Waals surface area contributed by atoms with E-state index in [2.05, 4.69) is 11.8 Å². The van der Waals surface area contributed by atoms with Crippen LogP contribution < -0.4 is 5.73 Å². The van der Waals surface area contributed by atoms with Crippen LogP contribution in [0, 0.1) is 5.92 Å². The van der Waals surface area contributed by atoms with E-state index in [4.69, 9.17) is 10.5 Å². The number of likely N-dealkylation sites (tertiary alicyclic amines) is 1. The summed E-state index contributed by atoms with van der Waals surface area (Å²) in [6.45, 7) is 5.64. The van der Waals surface area contributed by atoms with Crippen LogP contribution in [0.1, 0.15) is 20.3 Å². The molecule has 2 N–H and O–H groups in total. The Morgan fingerprint density at radius 3 is 2.79 bits per heavy atom. The van der Waals surface area contributed by atoms with Crippen molar-refractivity contribution in [3.05, 3.63) is 0 Å². The molecule has 1 aliphatic heterocycles. The average molecular weight is 200 g/mol. The van der Waals surface area contributed by atoms with Crippen LogP contribution in [0.25, 0.3) is 0 Å². The monoisotopic (exact) mass is 200 g/mol. The number of methoxy groups -OCH3 is 1. The summed E-state index contributed by atoms with van der Waals surface area (Å²) in [5.74, 6) is 0.367. The van der Waals surface area contributed by atoms with E-state index in [-0.39, 0.29) is 12.0 Å². The quantitative estimate of drug-likeness (QED) is 0.662. The third-order valence-electron chi connectivity index (χ3n) is 3.08. The van der Waals surface area contributed by atoms with E-state index < -0.39 is 0 Å². The Morgan fingerprint density at radius 2 is 2.36 bits per heavy atom. The van der Waals surface area contributed by atoms with E-state index in [1.807, 2.05) is 6.92 Å². The fourth-order valence-corrected chi connectivity index (χ4v) is 2.19. The molecule has 0 aromatic rings. The maximum absolute atomic E-state index is 11.3. The first-order valence-corrected chi connectivity index (χ1v) is 5.13. The van der Waals surface area contributed by atoms with Gasteiger partial charge in [0.05, 0.1) is 7.11 Å². The number of rotatable bonds is 3. The molecule has 0 bridgehead atoms. The third-order valence-corrected chi connectivity index (χ3v) is 3.08. The van der Waals surface area contributed by atoms with Gasteiger partial charge in [-0.3, -0.25) is 9.69 Å². The lowest BCUT2D eigenvalue weighted by atomic mass is 10.1. The van der Waals surface area contributed by atoms with E-state index in [1.54, 1.807) is 0 Å². The highest BCUT2D eigenvalue weighted by Crippen LogP contribution is 2.24. The van der Waals surface area contributed by atoms with Gasteiger partial charge in [-0.05, 0) is 32.7 Å². The van der Waals surface area contributed by atoms with Crippen molar-refractivity contribution in [3.8, 4) is 0 Å². The highest BCUT2D eigenvalue weighted by Gasteiger charge is 2.34. The molecular weight excluding hydrogens is 180 g/mol. The van der Waals surface area contributed by atoms with Crippen LogP contribution in [-0.2, 0) is 9.53 Å². The number of carbonyl (C=O) groups excluding carboxylic acids is 1. The smallest absolute Gasteiger partial charge is 0.322 e. The molecule has 1 aliphatic rings. The summed E-state index contributed by atoms with van der Waals surface area (Å²) >= 11 is 0. The van der Waals surface area contributed by atoms with Gasteiger partial charge in [-0.25, -0.2) is 0 Å². The highest BCUT2D eigenvalue weighted by molar-refractivity contribution is 5.75. The zero-order valence-corrected chi connectivity index (χ0v) is 9.19. The van der Waals surface area contributed by atoms with Gasteiger partial charge >= 0.3 is 5.97 Å². The zero-order valence-electron chi connectivity index (χ0n) is 9.19. The Kier molecular flexibility index (Phi) is 3.89. The van der Waals surface area contributed by atoms with Crippen LogP contribution in [0.3, 0.4) is 0 Å². The molecule has 14 heavy (non-hydrogen) atoms. The van der Waals surface area contributed by atoms with Crippen LogP contribution in [0.2, 0.25) is 0 Å². The van der Waals surface area contributed by atoms with E-state index >= 15 is 0 Å². The molecule has 1 rings (SSSR count). The Hall–Kier alpha value is -0.610. The molecular formula is C10H20N2O2. The predicted octanol–water partition coefficient (Wildman–Crippen LogP) is 0.217. The number of esters is 1. The summed E-state index contributed by atoms with van der Waals surface area (Å²) in [6.07, 6.45) is 1.08. The van der Waals surface area contributed by atoms with E-state index in [9.17, 15) is 4.79 Å². The van der Waals surface area contributed by atoms with Crippen molar-refractivity contribution in [1.29, 1.82) is 0 Å². The normalized spacial score (nSPS) is 30.3. The van der Waals surface area contributed by atoms with Gasteiger partial charge in [-0.1, -0.05) is 0 Å². The topological polar surface area (TPSA) is 55.6 Å². The lowest BCUT2D eigenvalue weighted by molar-refractivity contribution is -0.146. The molecule has 3 unspecified atom stereocenters. The van der Waals surface area contributed by atoms with Crippen LogP contribution in [0.4, 0.5) is 0 Å². The van der Waals surface area contributed by atoms with Crippen molar-refractivity contribution in [1.82, 2.24) is 4.90 Å². The molecule has 0 saturated carbocycles. The maximum Gasteiger partial charge on any atom is 0.322 e. The predicted molar refractivity (Wildman–Crippen MR) is 54.8 cm³/mol. The van der Waals surface area contributed by atoms with Gasteiger partial charge < -0.3 is 10.5 Å². The largest absolute Gasteiger partial charge is 0.468 e. The first kappa shape index (κ1) is 11.5. The molecule has 0 spiro atoms. The van der Waals surface area contributed by atoms with Gasteiger partial charge in [-0.15, -0.1) is 0 Å². The summed E-state index contributed by atoms with van der Waals surface area (Å²) in [6, 6.07) is 0.282. The lowest BCUT2D eigenvalue weighted by Gasteiger charge is -2.26. The van der Waals surface area contributed by atoms with Crippen LogP contribution in [-0.4, -0.2) is 43.2 Å². The Morgan fingerprint density at radius 1 is 1.71 bits per heavy atom. The second-order valence-electron chi connectivity index (χ2n) is 4.08. The lowest BCUT2D eigenvalue weighted by Crippen LogP contribution is -2.42. The van der Waals surface area contributed by atoms with Crippen LogP contribution >= 0.6 is 0 Å². The van der Waals surface area contributed by atoms with Crippen LogP contribution in [0.15, 0.2) is 0 Å². The van der Waals surface area contributed by atoms with Gasteiger partial charge in [0, 0.05) is 12.6 Å². The molecule has 4 nitrogen and oxygen atoms in total. The van der Waals surface area contributed by atoms with Gasteiger partial charge in [0.2, 0.25) is 0 Å². The Bertz CT molecular complexity index is 208. The standard InChI is InChI=1S/C10H20N2O2/c1-7-4-9(5-11)6-12(7)8(2)10(13)14-3/h7-9H,4-6,11H2,1-3H3. The first-order valence-electron chi connectivity index (χ1n) is 5.13. The van der Waals surface area contributed by atoms with Crippen molar-refractivity contribution < 1.29 is 9.53 Å². The van der Waals surface area contributed by atoms with Crippen molar-refractivity contribution in [2.24, 2.45) is 11.7 Å². The molecule has 1 fully saturated rings. The van der Waals surface area contributed by atoms with Crippen LogP contribution in [0.5, 0.6) is 0 Å². The molecule has 1 heterocycles. The molecule has 82 valence electrons. The second-order valence-corrected chi connectivity index (χ2v) is 4.08. The summed E-state index contributed by atoms with van der Waals surface area (Å²) < 4.78 is 4.73. The minimum Gasteiger partial charge on any atom is -0.468 e. The zero-order chi connectivity index (χ0) is 10.7. The fraction of sp³-hybridized carbons (Fsp3) is 0.900. The molecule has 0 aromatic heterocycles. The highest BCUT2D eigenvalue weighted by atomic mass is 16.5. The summed E-state index contributed by atoms with van der Waals surface area (Å²) in [4.78, 5) is 13.5. The van der Waals surface area contributed by atoms with Gasteiger partial charge in [0.25, 0.3) is 0 Å². The SMILES string of the molecule is COC(=O)C(C)N1CC(CN)CC1C. The van der Waals surface area contributed by atoms with Gasteiger partial charge in [0.15, 0.2) is 0 Å². The Balaban J connectivity index is 2.56. The number of ether oxygens (including phenoxy) is 1. The molecule has 0 amide bonds. The van der Waals surface area contributed by atoms with E-state index in [0.717, 1.165) is 13.0 Å². The number of hydrogen-bond donors (Lipinski definition) is 1. The maximum atomic E-state index is 11.3. The van der Waals surface area contributed by atoms with Crippen molar-refractivity contribution in [2.75, 3.05) is 20.2 Å².